The highest BCUT2D eigenvalue weighted by atomic mass is 16.7. The smallest absolute Gasteiger partial charge is 0.300 e. The first-order valence-electron chi connectivity index (χ1n) is 11.6. The first-order valence-corrected chi connectivity index (χ1v) is 11.6. The molecule has 5 rings (SSSR count). The van der Waals surface area contributed by atoms with Crippen molar-refractivity contribution in [3.63, 3.8) is 0 Å². The predicted octanol–water partition coefficient (Wildman–Crippen LogP) is 4.84. The maximum absolute atomic E-state index is 13.4. The highest BCUT2D eigenvalue weighted by Gasteiger charge is 2.47. The average Bonchev–Trinajstić information content (AvgIpc) is 3.49. The topological polar surface area (TPSA) is 94.5 Å². The van der Waals surface area contributed by atoms with Crippen molar-refractivity contribution in [3.05, 3.63) is 83.4 Å². The molecule has 2 aliphatic rings. The Morgan fingerprint density at radius 2 is 1.78 bits per heavy atom. The number of Topliss-reactive ketones (excluding diaryl/α,β-unsaturated/α-hetero) is 1. The first kappa shape index (κ1) is 23.3. The third-order valence-electron chi connectivity index (χ3n) is 6.07. The molecule has 0 aliphatic carbocycles. The zero-order valence-corrected chi connectivity index (χ0v) is 19.9. The second-order valence-corrected chi connectivity index (χ2v) is 8.36. The largest absolute Gasteiger partial charge is 0.507 e. The minimum absolute atomic E-state index is 0.0352. The SMILES string of the molecule is CCCOc1cccc(N2C(=O)C(=O)/C(=C(\O)c3ccc4c(c3)OCO4)C2c2cccc(OC)c2)c1. The number of aliphatic hydroxyl groups excluding tert-OH is 1. The zero-order valence-electron chi connectivity index (χ0n) is 19.9. The summed E-state index contributed by atoms with van der Waals surface area (Å²) in [5, 5.41) is 11.4. The summed E-state index contributed by atoms with van der Waals surface area (Å²) in [4.78, 5) is 28.2. The number of amides is 1. The van der Waals surface area contributed by atoms with Crippen molar-refractivity contribution in [2.24, 2.45) is 0 Å². The number of ketones is 1. The second kappa shape index (κ2) is 9.65. The molecule has 1 saturated heterocycles. The highest BCUT2D eigenvalue weighted by molar-refractivity contribution is 6.51. The Hall–Kier alpha value is -4.46. The van der Waals surface area contributed by atoms with Gasteiger partial charge in [0.15, 0.2) is 11.5 Å². The molecular formula is C28H25NO7. The molecule has 1 amide bonds. The molecule has 0 radical (unpaired) electrons. The molecule has 36 heavy (non-hydrogen) atoms. The van der Waals surface area contributed by atoms with Crippen LogP contribution in [0.25, 0.3) is 5.76 Å². The number of carbonyl (C=O) groups is 2. The van der Waals surface area contributed by atoms with Gasteiger partial charge in [0.25, 0.3) is 11.7 Å². The van der Waals surface area contributed by atoms with Crippen LogP contribution in [0.5, 0.6) is 23.0 Å². The molecule has 0 aromatic heterocycles. The number of hydrogen-bond acceptors (Lipinski definition) is 7. The number of carbonyl (C=O) groups excluding carboxylic acids is 2. The molecule has 0 bridgehead atoms. The van der Waals surface area contributed by atoms with Gasteiger partial charge in [-0.2, -0.15) is 0 Å². The molecule has 3 aromatic rings. The van der Waals surface area contributed by atoms with Crippen molar-refractivity contribution in [2.45, 2.75) is 19.4 Å². The molecule has 3 aromatic carbocycles. The highest BCUT2D eigenvalue weighted by Crippen LogP contribution is 2.44. The molecule has 0 saturated carbocycles. The molecule has 0 spiro atoms. The molecule has 8 heteroatoms. The number of anilines is 1. The summed E-state index contributed by atoms with van der Waals surface area (Å²) >= 11 is 0. The number of fused-ring (bicyclic) bond motifs is 1. The molecule has 184 valence electrons. The quantitative estimate of drug-likeness (QED) is 0.290. The third-order valence-corrected chi connectivity index (χ3v) is 6.07. The lowest BCUT2D eigenvalue weighted by Crippen LogP contribution is -2.29. The molecular weight excluding hydrogens is 462 g/mol. The van der Waals surface area contributed by atoms with Crippen LogP contribution in [0.15, 0.2) is 72.3 Å². The summed E-state index contributed by atoms with van der Waals surface area (Å²) in [5.41, 5.74) is 1.39. The standard InChI is InChI=1S/C28H25NO7/c1-3-12-34-21-9-5-7-19(15-21)29-25(17-6-4-8-20(13-17)33-2)24(27(31)28(29)32)26(30)18-10-11-22-23(14-18)36-16-35-22/h4-11,13-15,25,30H,3,12,16H2,1-2H3/b26-24-. The van der Waals surface area contributed by atoms with E-state index in [-0.39, 0.29) is 18.1 Å². The van der Waals surface area contributed by atoms with E-state index in [0.717, 1.165) is 6.42 Å². The van der Waals surface area contributed by atoms with Gasteiger partial charge < -0.3 is 24.1 Å². The van der Waals surface area contributed by atoms with Crippen LogP contribution in [-0.2, 0) is 9.59 Å². The summed E-state index contributed by atoms with van der Waals surface area (Å²) < 4.78 is 21.9. The Bertz CT molecular complexity index is 1360. The van der Waals surface area contributed by atoms with E-state index in [4.69, 9.17) is 18.9 Å². The van der Waals surface area contributed by atoms with Crippen molar-refractivity contribution in [2.75, 3.05) is 25.4 Å². The fourth-order valence-corrected chi connectivity index (χ4v) is 4.37. The summed E-state index contributed by atoms with van der Waals surface area (Å²) in [7, 11) is 1.54. The lowest BCUT2D eigenvalue weighted by Gasteiger charge is -2.26. The van der Waals surface area contributed by atoms with Gasteiger partial charge in [-0.3, -0.25) is 14.5 Å². The molecule has 8 nitrogen and oxygen atoms in total. The van der Waals surface area contributed by atoms with Crippen molar-refractivity contribution in [1.29, 1.82) is 0 Å². The maximum atomic E-state index is 13.4. The van der Waals surface area contributed by atoms with Gasteiger partial charge in [0.2, 0.25) is 6.79 Å². The second-order valence-electron chi connectivity index (χ2n) is 8.36. The van der Waals surface area contributed by atoms with Gasteiger partial charge in [-0.25, -0.2) is 0 Å². The number of nitrogens with zero attached hydrogens (tertiary/aromatic N) is 1. The Kier molecular flexibility index (Phi) is 6.25. The molecule has 1 unspecified atom stereocenters. The van der Waals surface area contributed by atoms with Gasteiger partial charge in [0, 0.05) is 17.3 Å². The van der Waals surface area contributed by atoms with Crippen LogP contribution in [0.2, 0.25) is 0 Å². The van der Waals surface area contributed by atoms with Crippen LogP contribution < -0.4 is 23.8 Å². The molecule has 2 aliphatic heterocycles. The van der Waals surface area contributed by atoms with Crippen LogP contribution in [0.1, 0.15) is 30.5 Å². The minimum atomic E-state index is -0.896. The fraction of sp³-hybridized carbons (Fsp3) is 0.214. The predicted molar refractivity (Wildman–Crippen MR) is 133 cm³/mol. The van der Waals surface area contributed by atoms with Gasteiger partial charge >= 0.3 is 0 Å². The van der Waals surface area contributed by atoms with Gasteiger partial charge in [-0.05, 0) is 54.4 Å². The lowest BCUT2D eigenvalue weighted by atomic mass is 9.95. The number of benzene rings is 3. The maximum Gasteiger partial charge on any atom is 0.300 e. The summed E-state index contributed by atoms with van der Waals surface area (Å²) in [6.07, 6.45) is 0.827. The summed E-state index contributed by atoms with van der Waals surface area (Å²) in [6.45, 7) is 2.59. The van der Waals surface area contributed by atoms with Crippen LogP contribution in [0.3, 0.4) is 0 Å². The van der Waals surface area contributed by atoms with Gasteiger partial charge in [-0.15, -0.1) is 0 Å². The number of hydrogen-bond donors (Lipinski definition) is 1. The van der Waals surface area contributed by atoms with Crippen molar-refractivity contribution < 1.29 is 33.6 Å². The Labute approximate surface area is 208 Å². The Morgan fingerprint density at radius 3 is 2.58 bits per heavy atom. The monoisotopic (exact) mass is 487 g/mol. The number of aliphatic hydroxyl groups is 1. The minimum Gasteiger partial charge on any atom is -0.507 e. The van der Waals surface area contributed by atoms with E-state index in [9.17, 15) is 14.7 Å². The first-order chi connectivity index (χ1) is 17.5. The summed E-state index contributed by atoms with van der Waals surface area (Å²) in [6, 6.07) is 18.1. The Balaban J connectivity index is 1.67. The van der Waals surface area contributed by atoms with Crippen LogP contribution in [-0.4, -0.2) is 37.3 Å². The lowest BCUT2D eigenvalue weighted by molar-refractivity contribution is -0.132. The Morgan fingerprint density at radius 1 is 1.00 bits per heavy atom. The van der Waals surface area contributed by atoms with Crippen LogP contribution in [0.4, 0.5) is 5.69 Å². The molecule has 1 fully saturated rings. The average molecular weight is 488 g/mol. The fourth-order valence-electron chi connectivity index (χ4n) is 4.37. The third kappa shape index (κ3) is 4.11. The molecule has 1 atom stereocenters. The van der Waals surface area contributed by atoms with E-state index in [2.05, 4.69) is 0 Å². The van der Waals surface area contributed by atoms with E-state index >= 15 is 0 Å². The molecule has 1 N–H and O–H groups in total. The molecule has 2 heterocycles. The van der Waals surface area contributed by atoms with Crippen LogP contribution >= 0.6 is 0 Å². The summed E-state index contributed by atoms with van der Waals surface area (Å²) in [5.74, 6) is 0.279. The normalized spacial score (nSPS) is 17.9. The van der Waals surface area contributed by atoms with E-state index in [1.807, 2.05) is 6.92 Å². The zero-order chi connectivity index (χ0) is 25.2. The van der Waals surface area contributed by atoms with Gasteiger partial charge in [0.05, 0.1) is 25.3 Å². The van der Waals surface area contributed by atoms with E-state index in [0.29, 0.717) is 46.4 Å². The van der Waals surface area contributed by atoms with E-state index in [1.54, 1.807) is 66.7 Å². The van der Waals surface area contributed by atoms with Gasteiger partial charge in [0.1, 0.15) is 17.3 Å². The van der Waals surface area contributed by atoms with E-state index in [1.165, 1.54) is 12.0 Å². The number of rotatable bonds is 7. The van der Waals surface area contributed by atoms with Crippen molar-refractivity contribution >= 4 is 23.1 Å². The number of methoxy groups -OCH3 is 1. The van der Waals surface area contributed by atoms with Gasteiger partial charge in [-0.1, -0.05) is 25.1 Å². The van der Waals surface area contributed by atoms with Crippen molar-refractivity contribution in [1.82, 2.24) is 0 Å². The van der Waals surface area contributed by atoms with E-state index < -0.39 is 17.7 Å². The van der Waals surface area contributed by atoms with Crippen LogP contribution in [0, 0.1) is 0 Å². The number of ether oxygens (including phenoxy) is 4. The van der Waals surface area contributed by atoms with Crippen molar-refractivity contribution in [3.8, 4) is 23.0 Å².